The van der Waals surface area contributed by atoms with Crippen LogP contribution in [0.2, 0.25) is 0 Å². The number of hydrogen-bond donors (Lipinski definition) is 1. The highest BCUT2D eigenvalue weighted by atomic mass is 16.2. The van der Waals surface area contributed by atoms with Crippen molar-refractivity contribution >= 4 is 11.8 Å². The fourth-order valence-electron chi connectivity index (χ4n) is 7.92. The molecule has 2 aliphatic heterocycles. The number of carbonyl (C=O) groups excluding carboxylic acids is 2. The molecule has 4 saturated carbocycles. The fraction of sp³-hybridized carbons (Fsp3) is 0.833. The first kappa shape index (κ1) is 19.7. The van der Waals surface area contributed by atoms with E-state index in [9.17, 15) is 9.59 Å². The van der Waals surface area contributed by atoms with Crippen molar-refractivity contribution in [2.45, 2.75) is 89.6 Å². The zero-order valence-electron chi connectivity index (χ0n) is 18.5. The number of nitrogens with one attached hydrogen (secondary N) is 1. The Balaban J connectivity index is 1.12. The van der Waals surface area contributed by atoms with Crippen molar-refractivity contribution < 1.29 is 9.59 Å². The predicted molar refractivity (Wildman–Crippen MR) is 115 cm³/mol. The zero-order valence-corrected chi connectivity index (χ0v) is 18.5. The smallest absolute Gasteiger partial charge is 0.242 e. The maximum Gasteiger partial charge on any atom is 0.242 e. The Morgan fingerprint density at radius 1 is 0.935 bits per heavy atom. The molecule has 5 fully saturated rings. The third-order valence-corrected chi connectivity index (χ3v) is 8.93. The van der Waals surface area contributed by atoms with E-state index in [2.05, 4.69) is 20.1 Å². The van der Waals surface area contributed by atoms with E-state index in [4.69, 9.17) is 0 Å². The predicted octanol–water partition coefficient (Wildman–Crippen LogP) is 3.00. The van der Waals surface area contributed by atoms with Crippen LogP contribution in [-0.2, 0) is 22.6 Å². The molecule has 1 aromatic heterocycles. The van der Waals surface area contributed by atoms with E-state index in [1.54, 1.807) is 0 Å². The van der Waals surface area contributed by atoms with Crippen molar-refractivity contribution in [1.82, 2.24) is 25.0 Å². The molecule has 3 heterocycles. The van der Waals surface area contributed by atoms with Crippen LogP contribution in [0.15, 0.2) is 0 Å². The highest BCUT2D eigenvalue weighted by Gasteiger charge is 2.54. The van der Waals surface area contributed by atoms with Crippen molar-refractivity contribution in [1.29, 1.82) is 0 Å². The third kappa shape index (κ3) is 3.39. The van der Waals surface area contributed by atoms with Crippen molar-refractivity contribution in [3.8, 4) is 0 Å². The molecular formula is C24H35N5O2. The minimum Gasteiger partial charge on any atom is -0.347 e. The minimum absolute atomic E-state index is 0.00306. The van der Waals surface area contributed by atoms with Crippen LogP contribution in [0, 0.1) is 23.2 Å². The Hall–Kier alpha value is -1.92. The van der Waals surface area contributed by atoms with Gasteiger partial charge in [-0.3, -0.25) is 9.59 Å². The number of aryl methyl sites for hydroxylation is 1. The van der Waals surface area contributed by atoms with Crippen molar-refractivity contribution in [2.75, 3.05) is 13.1 Å². The van der Waals surface area contributed by atoms with E-state index in [1.807, 2.05) is 4.90 Å². The average molecular weight is 426 g/mol. The SMILES string of the molecule is O=C(CNC(=O)C12CC3CC(CC(C3)C1)C2)N1CCCC1c1nnc2n1CCCCC2. The Bertz CT molecular complexity index is 842. The van der Waals surface area contributed by atoms with Crippen molar-refractivity contribution in [2.24, 2.45) is 23.2 Å². The molecule has 0 spiro atoms. The second kappa shape index (κ2) is 7.59. The number of nitrogens with zero attached hydrogens (tertiary/aromatic N) is 4. The summed E-state index contributed by atoms with van der Waals surface area (Å²) in [5.74, 6) is 4.41. The summed E-state index contributed by atoms with van der Waals surface area (Å²) in [4.78, 5) is 28.4. The lowest BCUT2D eigenvalue weighted by Crippen LogP contribution is -2.54. The summed E-state index contributed by atoms with van der Waals surface area (Å²) in [6, 6.07) is 0.00306. The second-order valence-electron chi connectivity index (χ2n) is 11.1. The first-order valence-electron chi connectivity index (χ1n) is 12.6. The molecular weight excluding hydrogens is 390 g/mol. The van der Waals surface area contributed by atoms with Crippen LogP contribution < -0.4 is 5.32 Å². The summed E-state index contributed by atoms with van der Waals surface area (Å²) in [6.45, 7) is 1.83. The molecule has 4 bridgehead atoms. The number of amides is 2. The first-order valence-corrected chi connectivity index (χ1v) is 12.6. The van der Waals surface area contributed by atoms with Crippen LogP contribution in [0.25, 0.3) is 0 Å². The van der Waals surface area contributed by atoms with E-state index in [1.165, 1.54) is 32.1 Å². The Labute approximate surface area is 184 Å². The molecule has 7 nitrogen and oxygen atoms in total. The summed E-state index contributed by atoms with van der Waals surface area (Å²) in [5.41, 5.74) is -0.191. The molecule has 7 heteroatoms. The Morgan fingerprint density at radius 2 is 1.68 bits per heavy atom. The quantitative estimate of drug-likeness (QED) is 0.804. The molecule has 7 rings (SSSR count). The molecule has 0 aromatic carbocycles. The zero-order chi connectivity index (χ0) is 21.0. The fourth-order valence-corrected chi connectivity index (χ4v) is 7.92. The van der Waals surface area contributed by atoms with Gasteiger partial charge in [0.25, 0.3) is 0 Å². The number of likely N-dealkylation sites (tertiary alicyclic amines) is 1. The Morgan fingerprint density at radius 3 is 2.42 bits per heavy atom. The number of carbonyl (C=O) groups is 2. The van der Waals surface area contributed by atoms with Crippen LogP contribution in [0.4, 0.5) is 0 Å². The monoisotopic (exact) mass is 425 g/mol. The molecule has 4 aliphatic carbocycles. The van der Waals surface area contributed by atoms with Gasteiger partial charge < -0.3 is 14.8 Å². The third-order valence-electron chi connectivity index (χ3n) is 8.93. The van der Waals surface area contributed by atoms with Gasteiger partial charge >= 0.3 is 0 Å². The average Bonchev–Trinajstić information content (AvgIpc) is 3.31. The summed E-state index contributed by atoms with van der Waals surface area (Å²) in [5, 5.41) is 12.0. The van der Waals surface area contributed by atoms with Gasteiger partial charge in [0, 0.05) is 24.9 Å². The van der Waals surface area contributed by atoms with Gasteiger partial charge in [0.15, 0.2) is 5.82 Å². The number of hydrogen-bond acceptors (Lipinski definition) is 4. The Kier molecular flexibility index (Phi) is 4.83. The van der Waals surface area contributed by atoms with E-state index in [0.29, 0.717) is 0 Å². The molecule has 1 saturated heterocycles. The van der Waals surface area contributed by atoms with Gasteiger partial charge in [-0.15, -0.1) is 10.2 Å². The van der Waals surface area contributed by atoms with Crippen LogP contribution in [0.1, 0.15) is 88.3 Å². The summed E-state index contributed by atoms with van der Waals surface area (Å²) < 4.78 is 2.26. The highest BCUT2D eigenvalue weighted by molar-refractivity contribution is 5.88. The highest BCUT2D eigenvalue weighted by Crippen LogP contribution is 2.60. The van der Waals surface area contributed by atoms with E-state index < -0.39 is 0 Å². The maximum absolute atomic E-state index is 13.2. The molecule has 1 unspecified atom stereocenters. The van der Waals surface area contributed by atoms with Crippen molar-refractivity contribution in [3.63, 3.8) is 0 Å². The van der Waals surface area contributed by atoms with Gasteiger partial charge in [0.1, 0.15) is 5.82 Å². The molecule has 6 aliphatic rings. The van der Waals surface area contributed by atoms with Crippen LogP contribution in [0.3, 0.4) is 0 Å². The van der Waals surface area contributed by atoms with E-state index in [-0.39, 0.29) is 29.8 Å². The second-order valence-corrected chi connectivity index (χ2v) is 11.1. The van der Waals surface area contributed by atoms with Crippen LogP contribution in [-0.4, -0.2) is 44.6 Å². The normalized spacial score (nSPS) is 36.3. The topological polar surface area (TPSA) is 80.1 Å². The largest absolute Gasteiger partial charge is 0.347 e. The lowest BCUT2D eigenvalue weighted by molar-refractivity contribution is -0.148. The van der Waals surface area contributed by atoms with E-state index in [0.717, 1.165) is 87.4 Å². The summed E-state index contributed by atoms with van der Waals surface area (Å²) in [6.07, 6.45) is 13.5. The van der Waals surface area contributed by atoms with Crippen LogP contribution in [0.5, 0.6) is 0 Å². The number of rotatable bonds is 4. The van der Waals surface area contributed by atoms with Crippen molar-refractivity contribution in [3.05, 3.63) is 11.6 Å². The summed E-state index contributed by atoms with van der Waals surface area (Å²) >= 11 is 0. The number of fused-ring (bicyclic) bond motifs is 1. The molecule has 1 atom stereocenters. The molecule has 1 N–H and O–H groups in total. The first-order chi connectivity index (χ1) is 15.1. The van der Waals surface area contributed by atoms with Gasteiger partial charge in [-0.05, 0) is 82.0 Å². The molecule has 2 amide bonds. The van der Waals surface area contributed by atoms with Gasteiger partial charge in [0.2, 0.25) is 11.8 Å². The molecule has 1 aromatic rings. The van der Waals surface area contributed by atoms with Gasteiger partial charge in [-0.2, -0.15) is 0 Å². The van der Waals surface area contributed by atoms with Gasteiger partial charge in [-0.1, -0.05) is 6.42 Å². The lowest BCUT2D eigenvalue weighted by atomic mass is 9.49. The number of aromatic nitrogens is 3. The van der Waals surface area contributed by atoms with Gasteiger partial charge in [0.05, 0.1) is 12.6 Å². The van der Waals surface area contributed by atoms with Gasteiger partial charge in [-0.25, -0.2) is 0 Å². The minimum atomic E-state index is -0.191. The molecule has 168 valence electrons. The lowest BCUT2D eigenvalue weighted by Gasteiger charge is -2.55. The standard InChI is InChI=1S/C24H35N5O2/c30-21(15-25-23(31)24-12-16-9-17(13-24)11-18(10-16)14-24)28-8-4-5-19(28)22-27-26-20-6-2-1-3-7-29(20)22/h16-19H,1-15H2,(H,25,31). The van der Waals surface area contributed by atoms with Crippen LogP contribution >= 0.6 is 0 Å². The maximum atomic E-state index is 13.2. The summed E-state index contributed by atoms with van der Waals surface area (Å²) in [7, 11) is 0. The molecule has 31 heavy (non-hydrogen) atoms. The van der Waals surface area contributed by atoms with E-state index >= 15 is 0 Å². The molecule has 0 radical (unpaired) electrons.